The van der Waals surface area contributed by atoms with Crippen LogP contribution in [0.1, 0.15) is 5.56 Å². The average molecular weight is 236 g/mol. The van der Waals surface area contributed by atoms with Crippen LogP contribution in [0.5, 0.6) is 0 Å². The molecule has 2 aliphatic heterocycles. The first kappa shape index (κ1) is 10.1. The Morgan fingerprint density at radius 3 is 3.06 bits per heavy atom. The van der Waals surface area contributed by atoms with Gasteiger partial charge in [0, 0.05) is 17.8 Å². The fraction of sp³-hybridized carbons (Fsp3) is 0.364. The molecular formula is C11H12N2O2S. The van der Waals surface area contributed by atoms with Crippen molar-refractivity contribution in [1.82, 2.24) is 5.32 Å². The molecule has 0 aliphatic carbocycles. The van der Waals surface area contributed by atoms with E-state index >= 15 is 0 Å². The van der Waals surface area contributed by atoms with E-state index in [4.69, 9.17) is 4.74 Å². The normalized spacial score (nSPS) is 31.8. The first-order valence-electron chi connectivity index (χ1n) is 5.11. The van der Waals surface area contributed by atoms with Crippen LogP contribution < -0.4 is 10.6 Å². The fourth-order valence-corrected chi connectivity index (χ4v) is 2.72. The summed E-state index contributed by atoms with van der Waals surface area (Å²) >= 11 is 1.56. The zero-order valence-corrected chi connectivity index (χ0v) is 9.64. The third kappa shape index (κ3) is 1.22. The molecule has 1 amide bonds. The topological polar surface area (TPSA) is 50.4 Å². The van der Waals surface area contributed by atoms with Crippen LogP contribution in [0.3, 0.4) is 0 Å². The number of benzene rings is 1. The summed E-state index contributed by atoms with van der Waals surface area (Å²) in [5.41, 5.74) is 0.849. The van der Waals surface area contributed by atoms with Crippen LogP contribution in [-0.4, -0.2) is 24.3 Å². The minimum absolute atomic E-state index is 0.0715. The van der Waals surface area contributed by atoms with Crippen molar-refractivity contribution in [2.24, 2.45) is 0 Å². The van der Waals surface area contributed by atoms with E-state index in [2.05, 4.69) is 10.6 Å². The van der Waals surface area contributed by atoms with Crippen molar-refractivity contribution in [3.63, 3.8) is 0 Å². The Morgan fingerprint density at radius 1 is 1.50 bits per heavy atom. The highest BCUT2D eigenvalue weighted by atomic mass is 32.2. The number of ether oxygens (including phenoxy) is 1. The molecule has 0 bridgehead atoms. The van der Waals surface area contributed by atoms with E-state index in [1.165, 1.54) is 0 Å². The lowest BCUT2D eigenvalue weighted by atomic mass is 9.96. The molecule has 1 saturated heterocycles. The highest BCUT2D eigenvalue weighted by Crippen LogP contribution is 2.42. The van der Waals surface area contributed by atoms with Gasteiger partial charge < -0.3 is 10.1 Å². The van der Waals surface area contributed by atoms with Crippen LogP contribution in [0.25, 0.3) is 0 Å². The molecule has 1 aromatic carbocycles. The minimum atomic E-state index is -0.829. The van der Waals surface area contributed by atoms with Gasteiger partial charge in [0.05, 0.1) is 0 Å². The summed E-state index contributed by atoms with van der Waals surface area (Å²) in [5.74, 6) is -0.0715. The fourth-order valence-electron chi connectivity index (χ4n) is 2.21. The predicted octanol–water partition coefficient (Wildman–Crippen LogP) is 1.10. The van der Waals surface area contributed by atoms with Gasteiger partial charge in [-0.15, -0.1) is 11.8 Å². The monoisotopic (exact) mass is 236 g/mol. The summed E-state index contributed by atoms with van der Waals surface area (Å²) in [6.45, 7) is 0.529. The van der Waals surface area contributed by atoms with Gasteiger partial charge in [0.15, 0.2) is 11.2 Å². The van der Waals surface area contributed by atoms with Gasteiger partial charge >= 0.3 is 0 Å². The molecule has 2 unspecified atom stereocenters. The molecule has 84 valence electrons. The smallest absolute Gasteiger partial charge is 0.262 e. The second kappa shape index (κ2) is 3.48. The lowest BCUT2D eigenvalue weighted by molar-refractivity contribution is -0.135. The van der Waals surface area contributed by atoms with Crippen LogP contribution in [0, 0.1) is 0 Å². The molecule has 4 nitrogen and oxygen atoms in total. The Morgan fingerprint density at radius 2 is 2.31 bits per heavy atom. The number of fused-ring (bicyclic) bond motifs is 2. The molecule has 1 spiro atoms. The third-order valence-electron chi connectivity index (χ3n) is 3.02. The van der Waals surface area contributed by atoms with Crippen LogP contribution in [0.15, 0.2) is 24.3 Å². The quantitative estimate of drug-likeness (QED) is 0.766. The first-order valence-corrected chi connectivity index (χ1v) is 6.40. The van der Waals surface area contributed by atoms with E-state index < -0.39 is 5.60 Å². The standard InChI is InChI=1S/C11H12N2O2S/c1-16-10-12-6-11(15-10)7-4-2-3-5-8(7)13-9(11)14/h2-5,10,12H,6H2,1H3,(H,13,14). The second-order valence-electron chi connectivity index (χ2n) is 3.89. The van der Waals surface area contributed by atoms with Gasteiger partial charge in [-0.05, 0) is 12.3 Å². The Bertz CT molecular complexity index is 451. The summed E-state index contributed by atoms with van der Waals surface area (Å²) in [6, 6.07) is 7.68. The largest absolute Gasteiger partial charge is 0.331 e. The van der Waals surface area contributed by atoms with Crippen LogP contribution in [0.4, 0.5) is 5.69 Å². The Kier molecular flexibility index (Phi) is 2.20. The molecule has 16 heavy (non-hydrogen) atoms. The zero-order chi connectivity index (χ0) is 11.2. The summed E-state index contributed by atoms with van der Waals surface area (Å²) in [4.78, 5) is 12.0. The van der Waals surface area contributed by atoms with E-state index in [1.807, 2.05) is 30.5 Å². The number of para-hydroxylation sites is 1. The van der Waals surface area contributed by atoms with Gasteiger partial charge in [-0.25, -0.2) is 0 Å². The van der Waals surface area contributed by atoms with Crippen LogP contribution in [-0.2, 0) is 15.1 Å². The van der Waals surface area contributed by atoms with Gasteiger partial charge in [-0.1, -0.05) is 18.2 Å². The lowest BCUT2D eigenvalue weighted by Crippen LogP contribution is -2.37. The molecular weight excluding hydrogens is 224 g/mol. The van der Waals surface area contributed by atoms with Crippen molar-refractivity contribution < 1.29 is 9.53 Å². The Labute approximate surface area is 97.7 Å². The van der Waals surface area contributed by atoms with Crippen molar-refractivity contribution in [2.75, 3.05) is 18.1 Å². The van der Waals surface area contributed by atoms with Crippen LogP contribution in [0.2, 0.25) is 0 Å². The maximum atomic E-state index is 12.0. The van der Waals surface area contributed by atoms with Crippen molar-refractivity contribution in [1.29, 1.82) is 0 Å². The van der Waals surface area contributed by atoms with Crippen molar-refractivity contribution in [3.05, 3.63) is 29.8 Å². The van der Waals surface area contributed by atoms with Gasteiger partial charge in [0.1, 0.15) is 0 Å². The predicted molar refractivity (Wildman–Crippen MR) is 63.1 cm³/mol. The summed E-state index contributed by atoms with van der Waals surface area (Å²) < 4.78 is 5.84. The van der Waals surface area contributed by atoms with Gasteiger partial charge in [0.25, 0.3) is 5.91 Å². The molecule has 1 aromatic rings. The zero-order valence-electron chi connectivity index (χ0n) is 8.82. The maximum absolute atomic E-state index is 12.0. The number of hydrogen-bond acceptors (Lipinski definition) is 4. The second-order valence-corrected chi connectivity index (χ2v) is 4.79. The molecule has 3 rings (SSSR count). The van der Waals surface area contributed by atoms with E-state index in [1.54, 1.807) is 11.8 Å². The number of rotatable bonds is 1. The summed E-state index contributed by atoms with van der Waals surface area (Å²) in [6.07, 6.45) is 1.95. The first-order chi connectivity index (χ1) is 7.76. The van der Waals surface area contributed by atoms with Gasteiger partial charge in [0.2, 0.25) is 0 Å². The highest BCUT2D eigenvalue weighted by Gasteiger charge is 2.52. The number of carbonyl (C=O) groups excluding carboxylic acids is 1. The minimum Gasteiger partial charge on any atom is -0.331 e. The van der Waals surface area contributed by atoms with Crippen molar-refractivity contribution in [2.45, 2.75) is 11.2 Å². The van der Waals surface area contributed by atoms with Gasteiger partial charge in [-0.2, -0.15) is 0 Å². The molecule has 2 N–H and O–H groups in total. The van der Waals surface area contributed by atoms with E-state index in [-0.39, 0.29) is 11.5 Å². The number of thioether (sulfide) groups is 1. The van der Waals surface area contributed by atoms with Crippen LogP contribution >= 0.6 is 11.8 Å². The lowest BCUT2D eigenvalue weighted by Gasteiger charge is -2.20. The number of carbonyl (C=O) groups is 1. The molecule has 0 radical (unpaired) electrons. The summed E-state index contributed by atoms with van der Waals surface area (Å²) in [7, 11) is 0. The summed E-state index contributed by atoms with van der Waals surface area (Å²) in [5, 5.41) is 6.05. The van der Waals surface area contributed by atoms with E-state index in [0.29, 0.717) is 6.54 Å². The van der Waals surface area contributed by atoms with E-state index in [9.17, 15) is 4.79 Å². The SMILES string of the molecule is CSC1NCC2(O1)C(=O)Nc1ccccc12. The molecule has 2 atom stereocenters. The molecule has 2 heterocycles. The third-order valence-corrected chi connectivity index (χ3v) is 3.71. The Hall–Kier alpha value is -1.04. The number of hydrogen-bond donors (Lipinski definition) is 2. The van der Waals surface area contributed by atoms with Crippen molar-refractivity contribution >= 4 is 23.4 Å². The number of anilines is 1. The molecule has 0 aromatic heterocycles. The number of nitrogens with one attached hydrogen (secondary N) is 2. The highest BCUT2D eigenvalue weighted by molar-refractivity contribution is 7.99. The average Bonchev–Trinajstić information content (AvgIpc) is 2.85. The van der Waals surface area contributed by atoms with E-state index in [0.717, 1.165) is 11.3 Å². The Balaban J connectivity index is 2.05. The maximum Gasteiger partial charge on any atom is 0.262 e. The number of amides is 1. The van der Waals surface area contributed by atoms with Gasteiger partial charge in [-0.3, -0.25) is 10.1 Å². The molecule has 0 saturated carbocycles. The molecule has 2 aliphatic rings. The molecule has 1 fully saturated rings. The molecule has 5 heteroatoms. The van der Waals surface area contributed by atoms with Crippen molar-refractivity contribution in [3.8, 4) is 0 Å².